The molecule has 0 aliphatic rings. The zero-order valence-electron chi connectivity index (χ0n) is 12.1. The van der Waals surface area contributed by atoms with Crippen LogP contribution in [0.3, 0.4) is 0 Å². The first kappa shape index (κ1) is 16.0. The van der Waals surface area contributed by atoms with Crippen molar-refractivity contribution in [3.05, 3.63) is 26.7 Å². The van der Waals surface area contributed by atoms with Gasteiger partial charge in [-0.1, -0.05) is 15.9 Å². The van der Waals surface area contributed by atoms with Gasteiger partial charge in [-0.3, -0.25) is 9.80 Å². The number of carbonyl (C=O) groups excluding carboxylic acids is 1. The highest BCUT2D eigenvalue weighted by Gasteiger charge is 2.17. The van der Waals surface area contributed by atoms with Gasteiger partial charge in [-0.15, -0.1) is 0 Å². The number of nitrogens with zero attached hydrogens (tertiary/aromatic N) is 1. The van der Waals surface area contributed by atoms with E-state index in [1.54, 1.807) is 14.2 Å². The summed E-state index contributed by atoms with van der Waals surface area (Å²) in [4.78, 5) is 11.6. The van der Waals surface area contributed by atoms with Gasteiger partial charge in [0.25, 0.3) is 0 Å². The number of nitrogens with two attached hydrogens (primary N) is 1. The van der Waals surface area contributed by atoms with Crippen LogP contribution in [0.5, 0.6) is 5.75 Å². The number of ether oxygens (including phenoxy) is 1. The zero-order chi connectivity index (χ0) is 14.7. The average Bonchev–Trinajstić information content (AvgIpc) is 2.38. The number of amides is 1. The van der Waals surface area contributed by atoms with Crippen molar-refractivity contribution in [2.24, 2.45) is 5.84 Å². The lowest BCUT2D eigenvalue weighted by atomic mass is 9.95. The van der Waals surface area contributed by atoms with Crippen molar-refractivity contribution in [1.82, 2.24) is 5.01 Å². The number of benzene rings is 1. The molecule has 1 aromatic rings. The lowest BCUT2D eigenvalue weighted by Gasteiger charge is -2.19. The molecule has 19 heavy (non-hydrogen) atoms. The Balaban J connectivity index is 3.16. The van der Waals surface area contributed by atoms with Gasteiger partial charge >= 0.3 is 0 Å². The van der Waals surface area contributed by atoms with E-state index >= 15 is 0 Å². The molecular weight excluding hydrogens is 308 g/mol. The monoisotopic (exact) mass is 328 g/mol. The van der Waals surface area contributed by atoms with Crippen molar-refractivity contribution in [2.45, 2.75) is 33.6 Å². The Morgan fingerprint density at radius 3 is 2.32 bits per heavy atom. The van der Waals surface area contributed by atoms with E-state index in [1.165, 1.54) is 5.56 Å². The molecule has 0 saturated heterocycles. The summed E-state index contributed by atoms with van der Waals surface area (Å²) >= 11 is 3.60. The Bertz CT molecular complexity index is 499. The molecule has 0 spiro atoms. The lowest BCUT2D eigenvalue weighted by molar-refractivity contribution is -0.130. The number of rotatable bonds is 4. The summed E-state index contributed by atoms with van der Waals surface area (Å²) in [5.74, 6) is 6.22. The van der Waals surface area contributed by atoms with E-state index in [9.17, 15) is 4.79 Å². The molecule has 1 aromatic carbocycles. The van der Waals surface area contributed by atoms with Crippen LogP contribution in [0, 0.1) is 20.8 Å². The van der Waals surface area contributed by atoms with Gasteiger partial charge in [0.2, 0.25) is 5.91 Å². The van der Waals surface area contributed by atoms with E-state index in [0.29, 0.717) is 12.8 Å². The van der Waals surface area contributed by atoms with Crippen molar-refractivity contribution in [2.75, 3.05) is 14.2 Å². The second-order valence-electron chi connectivity index (χ2n) is 4.71. The molecule has 106 valence electrons. The third-order valence-electron chi connectivity index (χ3n) is 3.47. The van der Waals surface area contributed by atoms with Gasteiger partial charge in [-0.05, 0) is 49.4 Å². The Hall–Kier alpha value is -1.07. The highest BCUT2D eigenvalue weighted by molar-refractivity contribution is 9.10. The molecule has 0 fully saturated rings. The third-order valence-corrected chi connectivity index (χ3v) is 4.66. The molecule has 0 atom stereocenters. The summed E-state index contributed by atoms with van der Waals surface area (Å²) in [6, 6.07) is 0. The van der Waals surface area contributed by atoms with Crippen LogP contribution in [-0.4, -0.2) is 25.1 Å². The van der Waals surface area contributed by atoms with Crippen LogP contribution in [0.4, 0.5) is 0 Å². The largest absolute Gasteiger partial charge is 0.496 e. The number of hydrogen-bond acceptors (Lipinski definition) is 3. The number of halogens is 1. The molecule has 0 bridgehead atoms. The highest BCUT2D eigenvalue weighted by Crippen LogP contribution is 2.36. The van der Waals surface area contributed by atoms with E-state index in [0.717, 1.165) is 31.9 Å². The van der Waals surface area contributed by atoms with Crippen LogP contribution in [0.25, 0.3) is 0 Å². The van der Waals surface area contributed by atoms with Gasteiger partial charge in [0.05, 0.1) is 7.11 Å². The predicted molar refractivity (Wildman–Crippen MR) is 80.2 cm³/mol. The van der Waals surface area contributed by atoms with Gasteiger partial charge in [-0.25, -0.2) is 5.84 Å². The fourth-order valence-corrected chi connectivity index (χ4v) is 2.67. The summed E-state index contributed by atoms with van der Waals surface area (Å²) in [5.41, 5.74) is 4.45. The summed E-state index contributed by atoms with van der Waals surface area (Å²) in [5, 5.41) is 1.12. The molecule has 0 heterocycles. The minimum Gasteiger partial charge on any atom is -0.496 e. The number of methoxy groups -OCH3 is 1. The maximum Gasteiger partial charge on any atom is 0.236 e. The first-order chi connectivity index (χ1) is 8.81. The molecule has 0 aliphatic carbocycles. The molecule has 5 heteroatoms. The predicted octanol–water partition coefficient (Wildman–Crippen LogP) is 2.65. The van der Waals surface area contributed by atoms with Crippen molar-refractivity contribution < 1.29 is 9.53 Å². The quantitative estimate of drug-likeness (QED) is 0.525. The topological polar surface area (TPSA) is 55.6 Å². The second kappa shape index (κ2) is 6.39. The number of carbonyl (C=O) groups is 1. The van der Waals surface area contributed by atoms with E-state index in [2.05, 4.69) is 22.9 Å². The van der Waals surface area contributed by atoms with Gasteiger partial charge in [0, 0.05) is 17.9 Å². The van der Waals surface area contributed by atoms with E-state index < -0.39 is 0 Å². The molecule has 0 unspecified atom stereocenters. The average molecular weight is 329 g/mol. The van der Waals surface area contributed by atoms with E-state index in [-0.39, 0.29) is 5.91 Å². The van der Waals surface area contributed by atoms with E-state index in [4.69, 9.17) is 10.6 Å². The van der Waals surface area contributed by atoms with Crippen molar-refractivity contribution >= 4 is 21.8 Å². The SMILES string of the molecule is COc1c(C)c(C)c(Br)c(C)c1CCC(=O)N(C)N. The second-order valence-corrected chi connectivity index (χ2v) is 5.50. The third kappa shape index (κ3) is 3.28. The Morgan fingerprint density at radius 2 is 1.84 bits per heavy atom. The molecule has 1 rings (SSSR count). The maximum absolute atomic E-state index is 11.6. The first-order valence-corrected chi connectivity index (χ1v) is 6.93. The van der Waals surface area contributed by atoms with Gasteiger partial charge in [0.1, 0.15) is 5.75 Å². The minimum atomic E-state index is -0.0872. The Labute approximate surface area is 123 Å². The smallest absolute Gasteiger partial charge is 0.236 e. The molecule has 4 nitrogen and oxygen atoms in total. The molecule has 0 radical (unpaired) electrons. The lowest BCUT2D eigenvalue weighted by Crippen LogP contribution is -2.33. The van der Waals surface area contributed by atoms with Crippen molar-refractivity contribution in [3.8, 4) is 5.75 Å². The summed E-state index contributed by atoms with van der Waals surface area (Å²) < 4.78 is 6.59. The molecule has 1 amide bonds. The minimum absolute atomic E-state index is 0.0872. The van der Waals surface area contributed by atoms with Crippen LogP contribution in [0.2, 0.25) is 0 Å². The summed E-state index contributed by atoms with van der Waals surface area (Å²) in [6.07, 6.45) is 0.994. The summed E-state index contributed by atoms with van der Waals surface area (Å²) in [6.45, 7) is 6.11. The molecule has 0 saturated carbocycles. The van der Waals surface area contributed by atoms with Crippen LogP contribution in [0.15, 0.2) is 4.47 Å². The summed E-state index contributed by atoms with van der Waals surface area (Å²) in [7, 11) is 3.22. The standard InChI is InChI=1S/C14H21BrN2O2/c1-8-9(2)14(19-5)11(10(3)13(8)15)6-7-12(18)17(4)16/h6-7,16H2,1-5H3. The van der Waals surface area contributed by atoms with Gasteiger partial charge in [-0.2, -0.15) is 0 Å². The van der Waals surface area contributed by atoms with Crippen LogP contribution in [-0.2, 0) is 11.2 Å². The Morgan fingerprint density at radius 1 is 1.26 bits per heavy atom. The van der Waals surface area contributed by atoms with Crippen LogP contribution in [0.1, 0.15) is 28.7 Å². The van der Waals surface area contributed by atoms with Crippen LogP contribution < -0.4 is 10.6 Å². The Kier molecular flexibility index (Phi) is 5.38. The highest BCUT2D eigenvalue weighted by atomic mass is 79.9. The molecular formula is C14H21BrN2O2. The normalized spacial score (nSPS) is 10.5. The zero-order valence-corrected chi connectivity index (χ0v) is 13.7. The molecule has 2 N–H and O–H groups in total. The van der Waals surface area contributed by atoms with E-state index in [1.807, 2.05) is 13.8 Å². The van der Waals surface area contributed by atoms with Crippen molar-refractivity contribution in [3.63, 3.8) is 0 Å². The van der Waals surface area contributed by atoms with Crippen molar-refractivity contribution in [1.29, 1.82) is 0 Å². The van der Waals surface area contributed by atoms with Gasteiger partial charge in [0.15, 0.2) is 0 Å². The molecule has 0 aromatic heterocycles. The molecule has 0 aliphatic heterocycles. The number of hydrogen-bond donors (Lipinski definition) is 1. The fraction of sp³-hybridized carbons (Fsp3) is 0.500. The number of hydrazine groups is 1. The van der Waals surface area contributed by atoms with Gasteiger partial charge < -0.3 is 4.74 Å². The fourth-order valence-electron chi connectivity index (χ4n) is 2.13. The maximum atomic E-state index is 11.6. The van der Waals surface area contributed by atoms with Crippen LogP contribution >= 0.6 is 15.9 Å². The first-order valence-electron chi connectivity index (χ1n) is 6.14.